The fourth-order valence-corrected chi connectivity index (χ4v) is 2.10. The van der Waals surface area contributed by atoms with Crippen LogP contribution in [0.4, 0.5) is 0 Å². The summed E-state index contributed by atoms with van der Waals surface area (Å²) < 4.78 is 5.61. The van der Waals surface area contributed by atoms with Crippen molar-refractivity contribution in [1.82, 2.24) is 35.1 Å². The third-order valence-electron chi connectivity index (χ3n) is 3.19. The number of hydrogen-bond donors (Lipinski definition) is 0. The molecule has 2 aromatic rings. The van der Waals surface area contributed by atoms with Crippen LogP contribution in [0.3, 0.4) is 0 Å². The number of aryl methyl sites for hydroxylation is 2. The van der Waals surface area contributed by atoms with E-state index in [0.717, 1.165) is 0 Å². The van der Waals surface area contributed by atoms with Crippen molar-refractivity contribution in [2.75, 3.05) is 19.7 Å². The van der Waals surface area contributed by atoms with Gasteiger partial charge in [-0.3, -0.25) is 4.79 Å². The van der Waals surface area contributed by atoms with Crippen molar-refractivity contribution in [3.8, 4) is 0 Å². The van der Waals surface area contributed by atoms with Gasteiger partial charge in [-0.2, -0.15) is 4.80 Å². The molecule has 9 nitrogen and oxygen atoms in total. The number of aromatic nitrogens is 6. The largest absolute Gasteiger partial charge is 0.366 e. The lowest BCUT2D eigenvalue weighted by atomic mass is 10.2. The Labute approximate surface area is 120 Å². The van der Waals surface area contributed by atoms with E-state index in [1.54, 1.807) is 18.9 Å². The molecule has 1 aliphatic heterocycles. The molecule has 1 unspecified atom stereocenters. The van der Waals surface area contributed by atoms with Crippen molar-refractivity contribution < 1.29 is 9.53 Å². The zero-order valence-electron chi connectivity index (χ0n) is 11.8. The smallest absolute Gasteiger partial charge is 0.257 e. The second-order valence-electron chi connectivity index (χ2n) is 4.77. The zero-order valence-corrected chi connectivity index (χ0v) is 11.8. The molecular weight excluding hydrogens is 274 g/mol. The summed E-state index contributed by atoms with van der Waals surface area (Å²) in [7, 11) is 1.69. The first-order chi connectivity index (χ1) is 10.1. The van der Waals surface area contributed by atoms with Gasteiger partial charge in [0.05, 0.1) is 25.8 Å². The third kappa shape index (κ3) is 2.87. The minimum Gasteiger partial charge on any atom is -0.366 e. The summed E-state index contributed by atoms with van der Waals surface area (Å²) in [5.74, 6) is 0.998. The topological polar surface area (TPSA) is 98.9 Å². The van der Waals surface area contributed by atoms with Crippen LogP contribution in [0.25, 0.3) is 0 Å². The Bertz CT molecular complexity index is 639. The Kier molecular flexibility index (Phi) is 3.57. The minimum atomic E-state index is -0.359. The SMILES string of the molecule is Cc1ncc(C(=O)N2CCOC(c3nnn(C)n3)C2)cn1. The van der Waals surface area contributed by atoms with Crippen molar-refractivity contribution >= 4 is 5.91 Å². The monoisotopic (exact) mass is 289 g/mol. The number of carbonyl (C=O) groups excluding carboxylic acids is 1. The lowest BCUT2D eigenvalue weighted by Gasteiger charge is -2.31. The number of nitrogens with zero attached hydrogens (tertiary/aromatic N) is 7. The molecule has 0 N–H and O–H groups in total. The number of hydrogen-bond acceptors (Lipinski definition) is 7. The van der Waals surface area contributed by atoms with Crippen molar-refractivity contribution in [2.24, 2.45) is 7.05 Å². The van der Waals surface area contributed by atoms with E-state index in [4.69, 9.17) is 4.74 Å². The first-order valence-corrected chi connectivity index (χ1v) is 6.57. The van der Waals surface area contributed by atoms with Gasteiger partial charge < -0.3 is 9.64 Å². The van der Waals surface area contributed by atoms with Crippen molar-refractivity contribution in [2.45, 2.75) is 13.0 Å². The van der Waals surface area contributed by atoms with E-state index in [1.165, 1.54) is 17.2 Å². The fourth-order valence-electron chi connectivity index (χ4n) is 2.10. The number of morpholine rings is 1. The van der Waals surface area contributed by atoms with Gasteiger partial charge in [0, 0.05) is 18.9 Å². The van der Waals surface area contributed by atoms with Gasteiger partial charge in [-0.15, -0.1) is 10.2 Å². The highest BCUT2D eigenvalue weighted by Gasteiger charge is 2.29. The predicted octanol–water partition coefficient (Wildman–Crippen LogP) is -0.478. The van der Waals surface area contributed by atoms with E-state index >= 15 is 0 Å². The highest BCUT2D eigenvalue weighted by molar-refractivity contribution is 5.93. The molecule has 1 atom stereocenters. The number of carbonyl (C=O) groups is 1. The molecule has 0 aliphatic carbocycles. The van der Waals surface area contributed by atoms with Gasteiger partial charge in [-0.1, -0.05) is 0 Å². The van der Waals surface area contributed by atoms with Gasteiger partial charge in [0.1, 0.15) is 11.9 Å². The maximum absolute atomic E-state index is 12.4. The molecule has 2 aromatic heterocycles. The summed E-state index contributed by atoms with van der Waals surface area (Å²) in [4.78, 5) is 23.6. The normalized spacial score (nSPS) is 18.8. The van der Waals surface area contributed by atoms with Crippen LogP contribution in [0.15, 0.2) is 12.4 Å². The highest BCUT2D eigenvalue weighted by atomic mass is 16.5. The van der Waals surface area contributed by atoms with Gasteiger partial charge in [-0.25, -0.2) is 9.97 Å². The van der Waals surface area contributed by atoms with Crippen LogP contribution in [-0.2, 0) is 11.8 Å². The fraction of sp³-hybridized carbons (Fsp3) is 0.500. The van der Waals surface area contributed by atoms with Crippen LogP contribution in [0.5, 0.6) is 0 Å². The maximum atomic E-state index is 12.4. The van der Waals surface area contributed by atoms with Gasteiger partial charge in [0.25, 0.3) is 5.91 Å². The standard InChI is InChI=1S/C12H15N7O2/c1-8-13-5-9(6-14-8)12(20)19-3-4-21-10(7-19)11-15-17-18(2)16-11/h5-6,10H,3-4,7H2,1-2H3. The Morgan fingerprint density at radius 1 is 1.38 bits per heavy atom. The first kappa shape index (κ1) is 13.6. The molecular formula is C12H15N7O2. The lowest BCUT2D eigenvalue weighted by Crippen LogP contribution is -2.42. The quantitative estimate of drug-likeness (QED) is 0.736. The molecule has 0 radical (unpaired) electrons. The third-order valence-corrected chi connectivity index (χ3v) is 3.19. The van der Waals surface area contributed by atoms with Crippen molar-refractivity contribution in [1.29, 1.82) is 0 Å². The molecule has 3 rings (SSSR count). The Balaban J connectivity index is 1.73. The molecule has 1 aliphatic rings. The van der Waals surface area contributed by atoms with E-state index in [-0.39, 0.29) is 12.0 Å². The molecule has 0 bridgehead atoms. The lowest BCUT2D eigenvalue weighted by molar-refractivity contribution is -0.0269. The second-order valence-corrected chi connectivity index (χ2v) is 4.77. The van der Waals surface area contributed by atoms with E-state index in [2.05, 4.69) is 25.4 Å². The van der Waals surface area contributed by atoms with Crippen LogP contribution in [0.2, 0.25) is 0 Å². The molecule has 0 saturated carbocycles. The van der Waals surface area contributed by atoms with E-state index in [9.17, 15) is 4.79 Å². The average molecular weight is 289 g/mol. The molecule has 3 heterocycles. The second kappa shape index (κ2) is 5.52. The molecule has 1 fully saturated rings. The van der Waals surface area contributed by atoms with Crippen LogP contribution in [0, 0.1) is 6.92 Å². The van der Waals surface area contributed by atoms with Crippen molar-refractivity contribution in [3.05, 3.63) is 29.6 Å². The Morgan fingerprint density at radius 3 is 2.81 bits per heavy atom. The van der Waals surface area contributed by atoms with E-state index < -0.39 is 0 Å². The van der Waals surface area contributed by atoms with Gasteiger partial charge in [-0.05, 0) is 12.1 Å². The van der Waals surface area contributed by atoms with Crippen LogP contribution in [0.1, 0.15) is 28.1 Å². The zero-order chi connectivity index (χ0) is 14.8. The molecule has 1 amide bonds. The highest BCUT2D eigenvalue weighted by Crippen LogP contribution is 2.19. The molecule has 0 aromatic carbocycles. The summed E-state index contributed by atoms with van der Waals surface area (Å²) >= 11 is 0. The van der Waals surface area contributed by atoms with Crippen LogP contribution in [-0.4, -0.2) is 60.7 Å². The summed E-state index contributed by atoms with van der Waals surface area (Å²) in [5, 5.41) is 11.8. The number of amides is 1. The summed E-state index contributed by atoms with van der Waals surface area (Å²) in [6.45, 7) is 3.11. The predicted molar refractivity (Wildman–Crippen MR) is 70.2 cm³/mol. The number of tetrazole rings is 1. The van der Waals surface area contributed by atoms with Crippen LogP contribution >= 0.6 is 0 Å². The summed E-state index contributed by atoms with van der Waals surface area (Å²) in [5.41, 5.74) is 0.466. The maximum Gasteiger partial charge on any atom is 0.257 e. The van der Waals surface area contributed by atoms with Gasteiger partial charge in [0.2, 0.25) is 5.82 Å². The Hall–Kier alpha value is -2.42. The molecule has 110 valence electrons. The molecule has 21 heavy (non-hydrogen) atoms. The number of ether oxygens (including phenoxy) is 1. The first-order valence-electron chi connectivity index (χ1n) is 6.57. The van der Waals surface area contributed by atoms with E-state index in [0.29, 0.717) is 36.9 Å². The van der Waals surface area contributed by atoms with Gasteiger partial charge >= 0.3 is 0 Å². The van der Waals surface area contributed by atoms with E-state index in [1.807, 2.05) is 0 Å². The average Bonchev–Trinajstić information content (AvgIpc) is 2.94. The van der Waals surface area contributed by atoms with Crippen LogP contribution < -0.4 is 0 Å². The molecule has 1 saturated heterocycles. The van der Waals surface area contributed by atoms with Crippen molar-refractivity contribution in [3.63, 3.8) is 0 Å². The molecule has 0 spiro atoms. The van der Waals surface area contributed by atoms with Gasteiger partial charge in [0.15, 0.2) is 0 Å². The summed E-state index contributed by atoms with van der Waals surface area (Å²) in [6.07, 6.45) is 2.72. The summed E-state index contributed by atoms with van der Waals surface area (Å²) in [6, 6.07) is 0. The number of rotatable bonds is 2. The minimum absolute atomic E-state index is 0.118. The molecule has 9 heteroatoms. The Morgan fingerprint density at radius 2 is 2.14 bits per heavy atom.